The fourth-order valence-electron chi connectivity index (χ4n) is 1.38. The highest BCUT2D eigenvalue weighted by Crippen LogP contribution is 2.28. The summed E-state index contributed by atoms with van der Waals surface area (Å²) >= 11 is 5.27. The topological polar surface area (TPSA) is 46.9 Å². The van der Waals surface area contributed by atoms with Gasteiger partial charge in [-0.2, -0.15) is 18.3 Å². The molecule has 0 atom stereocenters. The number of nitrogens with one attached hydrogen (secondary N) is 1. The third-order valence-corrected chi connectivity index (χ3v) is 2.50. The molecule has 0 radical (unpaired) electrons. The largest absolute Gasteiger partial charge is 0.435 e. The van der Waals surface area contributed by atoms with Gasteiger partial charge in [-0.1, -0.05) is 0 Å². The lowest BCUT2D eigenvalue weighted by atomic mass is 10.3. The summed E-state index contributed by atoms with van der Waals surface area (Å²) in [5.74, 6) is -0.427. The van der Waals surface area contributed by atoms with Crippen molar-refractivity contribution in [2.45, 2.75) is 26.1 Å². The minimum absolute atomic E-state index is 0.126. The molecular weight excluding hydrogens is 271 g/mol. The maximum absolute atomic E-state index is 12.4. The highest BCUT2D eigenvalue weighted by atomic mass is 35.5. The van der Waals surface area contributed by atoms with Crippen LogP contribution in [0.4, 0.5) is 13.2 Å². The van der Waals surface area contributed by atoms with Crippen LogP contribution < -0.4 is 5.32 Å². The molecule has 0 unspecified atom stereocenters. The van der Waals surface area contributed by atoms with Crippen LogP contribution in [0.2, 0.25) is 0 Å². The number of alkyl halides is 4. The maximum Gasteiger partial charge on any atom is 0.435 e. The van der Waals surface area contributed by atoms with Crippen molar-refractivity contribution in [3.05, 3.63) is 17.5 Å². The number of amides is 1. The van der Waals surface area contributed by atoms with Gasteiger partial charge in [0, 0.05) is 18.8 Å². The van der Waals surface area contributed by atoms with Gasteiger partial charge in [-0.15, -0.1) is 11.6 Å². The van der Waals surface area contributed by atoms with E-state index in [0.29, 0.717) is 25.2 Å². The van der Waals surface area contributed by atoms with E-state index in [-0.39, 0.29) is 11.8 Å². The van der Waals surface area contributed by atoms with Crippen molar-refractivity contribution in [2.24, 2.45) is 0 Å². The zero-order valence-electron chi connectivity index (χ0n) is 9.72. The van der Waals surface area contributed by atoms with Crippen molar-refractivity contribution >= 4 is 17.5 Å². The highest BCUT2D eigenvalue weighted by molar-refractivity contribution is 6.27. The number of carbonyl (C=O) groups is 1. The van der Waals surface area contributed by atoms with Gasteiger partial charge in [-0.25, -0.2) is 0 Å². The number of nitrogens with zero attached hydrogens (tertiary/aromatic N) is 2. The Labute approximate surface area is 107 Å². The minimum atomic E-state index is -4.43. The minimum Gasteiger partial charge on any atom is -0.355 e. The van der Waals surface area contributed by atoms with Gasteiger partial charge in [0.2, 0.25) is 5.91 Å². The maximum atomic E-state index is 12.4. The van der Waals surface area contributed by atoms with Crippen molar-refractivity contribution in [1.82, 2.24) is 15.1 Å². The summed E-state index contributed by atoms with van der Waals surface area (Å²) in [5.41, 5.74) is -0.462. The molecule has 102 valence electrons. The lowest BCUT2D eigenvalue weighted by Gasteiger charge is -2.05. The first-order valence-electron chi connectivity index (χ1n) is 5.29. The van der Waals surface area contributed by atoms with E-state index in [4.69, 9.17) is 11.6 Å². The van der Waals surface area contributed by atoms with Crippen LogP contribution in [0.3, 0.4) is 0 Å². The first kappa shape index (κ1) is 14.8. The van der Waals surface area contributed by atoms with Gasteiger partial charge in [0.25, 0.3) is 0 Å². The summed E-state index contributed by atoms with van der Waals surface area (Å²) in [6.07, 6.45) is -3.94. The average molecular weight is 284 g/mol. The van der Waals surface area contributed by atoms with Crippen LogP contribution in [-0.2, 0) is 17.5 Å². The van der Waals surface area contributed by atoms with E-state index in [0.717, 1.165) is 6.07 Å². The van der Waals surface area contributed by atoms with Crippen molar-refractivity contribution in [2.75, 3.05) is 12.4 Å². The van der Waals surface area contributed by atoms with Crippen LogP contribution in [-0.4, -0.2) is 28.1 Å². The molecule has 18 heavy (non-hydrogen) atoms. The smallest absolute Gasteiger partial charge is 0.355 e. The fourth-order valence-corrected chi connectivity index (χ4v) is 1.47. The second-order valence-corrected chi connectivity index (χ2v) is 4.00. The Morgan fingerprint density at radius 2 is 2.22 bits per heavy atom. The SMILES string of the molecule is Cc1cc(C(F)(F)F)nn1CCCNC(=O)CCl. The molecule has 0 saturated carbocycles. The van der Waals surface area contributed by atoms with Gasteiger partial charge in [0.05, 0.1) is 0 Å². The Balaban J connectivity index is 2.48. The van der Waals surface area contributed by atoms with E-state index >= 15 is 0 Å². The second-order valence-electron chi connectivity index (χ2n) is 3.73. The molecule has 0 aromatic carbocycles. The summed E-state index contributed by atoms with van der Waals surface area (Å²) in [4.78, 5) is 10.8. The number of hydrogen-bond acceptors (Lipinski definition) is 2. The molecule has 0 aliphatic carbocycles. The van der Waals surface area contributed by atoms with Crippen molar-refractivity contribution in [3.63, 3.8) is 0 Å². The van der Waals surface area contributed by atoms with Gasteiger partial charge in [0.15, 0.2) is 5.69 Å². The number of aryl methyl sites for hydroxylation is 2. The molecule has 0 saturated heterocycles. The van der Waals surface area contributed by atoms with Gasteiger partial charge in [-0.05, 0) is 19.4 Å². The lowest BCUT2D eigenvalue weighted by molar-refractivity contribution is -0.141. The number of carbonyl (C=O) groups excluding carboxylic acids is 1. The predicted molar refractivity (Wildman–Crippen MR) is 60.3 cm³/mol. The Kier molecular flexibility index (Phi) is 5.01. The van der Waals surface area contributed by atoms with E-state index in [1.165, 1.54) is 4.68 Å². The second kappa shape index (κ2) is 6.08. The highest BCUT2D eigenvalue weighted by Gasteiger charge is 2.34. The number of aromatic nitrogens is 2. The molecule has 0 fully saturated rings. The standard InChI is InChI=1S/C10H13ClF3N3O/c1-7-5-8(10(12,13)14)16-17(7)4-2-3-15-9(18)6-11/h5H,2-4,6H2,1H3,(H,15,18). The van der Waals surface area contributed by atoms with Crippen LogP contribution in [0, 0.1) is 6.92 Å². The Morgan fingerprint density at radius 3 is 2.72 bits per heavy atom. The third kappa shape index (κ3) is 4.21. The van der Waals surface area contributed by atoms with Crippen LogP contribution in [0.15, 0.2) is 6.07 Å². The molecule has 1 amide bonds. The lowest BCUT2D eigenvalue weighted by Crippen LogP contribution is -2.26. The number of halogens is 4. The van der Waals surface area contributed by atoms with Gasteiger partial charge >= 0.3 is 6.18 Å². The van der Waals surface area contributed by atoms with Crippen molar-refractivity contribution < 1.29 is 18.0 Å². The molecule has 1 aromatic rings. The molecule has 0 spiro atoms. The van der Waals surface area contributed by atoms with Gasteiger partial charge < -0.3 is 5.32 Å². The summed E-state index contributed by atoms with van der Waals surface area (Å²) in [5, 5.41) is 6.00. The first-order chi connectivity index (χ1) is 8.34. The number of rotatable bonds is 5. The zero-order valence-corrected chi connectivity index (χ0v) is 10.5. The molecule has 1 aromatic heterocycles. The van der Waals surface area contributed by atoms with Crippen molar-refractivity contribution in [3.8, 4) is 0 Å². The van der Waals surface area contributed by atoms with Gasteiger partial charge in [0.1, 0.15) is 5.88 Å². The van der Waals surface area contributed by atoms with Crippen LogP contribution in [0.5, 0.6) is 0 Å². The van der Waals surface area contributed by atoms with Crippen LogP contribution in [0.25, 0.3) is 0 Å². The zero-order chi connectivity index (χ0) is 13.8. The summed E-state index contributed by atoms with van der Waals surface area (Å²) in [6.45, 7) is 2.22. The Bertz CT molecular complexity index is 417. The van der Waals surface area contributed by atoms with E-state index < -0.39 is 11.9 Å². The van der Waals surface area contributed by atoms with Crippen LogP contribution in [0.1, 0.15) is 17.8 Å². The normalized spacial score (nSPS) is 11.6. The summed E-state index contributed by atoms with van der Waals surface area (Å²) in [6, 6.07) is 0.997. The molecule has 0 bridgehead atoms. The van der Waals surface area contributed by atoms with E-state index in [2.05, 4.69) is 10.4 Å². The molecule has 1 N–H and O–H groups in total. The van der Waals surface area contributed by atoms with Gasteiger partial charge in [-0.3, -0.25) is 9.48 Å². The summed E-state index contributed by atoms with van der Waals surface area (Å²) < 4.78 is 38.4. The molecular formula is C10H13ClF3N3O. The molecule has 8 heteroatoms. The quantitative estimate of drug-likeness (QED) is 0.663. The molecule has 1 rings (SSSR count). The number of hydrogen-bond donors (Lipinski definition) is 1. The van der Waals surface area contributed by atoms with Crippen molar-refractivity contribution in [1.29, 1.82) is 0 Å². The molecule has 1 heterocycles. The Hall–Kier alpha value is -1.24. The molecule has 0 aliphatic rings. The van der Waals surface area contributed by atoms with E-state index in [1.807, 2.05) is 0 Å². The average Bonchev–Trinajstić information content (AvgIpc) is 2.66. The monoisotopic (exact) mass is 283 g/mol. The fraction of sp³-hybridized carbons (Fsp3) is 0.600. The summed E-state index contributed by atoms with van der Waals surface area (Å²) in [7, 11) is 0. The van der Waals surface area contributed by atoms with E-state index in [9.17, 15) is 18.0 Å². The molecule has 4 nitrogen and oxygen atoms in total. The first-order valence-corrected chi connectivity index (χ1v) is 5.82. The third-order valence-electron chi connectivity index (χ3n) is 2.26. The Morgan fingerprint density at radius 1 is 1.56 bits per heavy atom. The van der Waals surface area contributed by atoms with Crippen LogP contribution >= 0.6 is 11.6 Å². The van der Waals surface area contributed by atoms with E-state index in [1.54, 1.807) is 6.92 Å². The molecule has 0 aliphatic heterocycles. The predicted octanol–water partition coefficient (Wildman–Crippen LogP) is 1.96.